The molecular weight excluding hydrogens is 409 g/mol. The van der Waals surface area contributed by atoms with Crippen molar-refractivity contribution in [2.45, 2.75) is 89.5 Å². The summed E-state index contributed by atoms with van der Waals surface area (Å²) >= 11 is 0. The second kappa shape index (κ2) is 11.9. The van der Waals surface area contributed by atoms with E-state index in [1.807, 2.05) is 19.1 Å². The van der Waals surface area contributed by atoms with Gasteiger partial charge in [0, 0.05) is 14.4 Å². The molecule has 0 saturated carbocycles. The average Bonchev–Trinajstić information content (AvgIpc) is 2.77. The lowest BCUT2D eigenvalue weighted by Gasteiger charge is -2.27. The zero-order valence-corrected chi connectivity index (χ0v) is 20.0. The molecule has 0 amide bonds. The number of aryl methyl sites for hydroxylation is 2. The lowest BCUT2D eigenvalue weighted by Crippen LogP contribution is -2.21. The highest BCUT2D eigenvalue weighted by Crippen LogP contribution is 2.32. The standard InChI is InChI=1S/C27H36F3Si/c1-3-5-24-13-14-25(27(30)26(24)29)23-11-9-21(10-12-23)7-8-22-15-18-31(19-16-22)17-4-6-20(2)28/h9-14,20,22H,3-8,15-19H2,1-2H3. The minimum absolute atomic E-state index is 0.241. The molecule has 0 aromatic heterocycles. The maximum atomic E-state index is 14.5. The van der Waals surface area contributed by atoms with Gasteiger partial charge in [-0.3, -0.25) is 0 Å². The summed E-state index contributed by atoms with van der Waals surface area (Å²) in [6.45, 7) is 3.63. The fourth-order valence-corrected chi connectivity index (χ4v) is 7.84. The maximum Gasteiger partial charge on any atom is 0.166 e. The van der Waals surface area contributed by atoms with Crippen molar-refractivity contribution in [2.24, 2.45) is 5.92 Å². The molecule has 2 aromatic rings. The van der Waals surface area contributed by atoms with Crippen molar-refractivity contribution in [2.75, 3.05) is 0 Å². The SMILES string of the molecule is CCCc1ccc(-c2ccc(CCC3CC[Si](CCCC(C)F)CC3)cc2)c(F)c1F. The third kappa shape index (κ3) is 6.97. The van der Waals surface area contributed by atoms with E-state index in [2.05, 4.69) is 12.1 Å². The molecule has 1 aliphatic rings. The van der Waals surface area contributed by atoms with Gasteiger partial charge in [0.1, 0.15) is 0 Å². The molecule has 1 atom stereocenters. The number of alkyl halides is 1. The molecule has 3 rings (SSSR count). The van der Waals surface area contributed by atoms with E-state index >= 15 is 0 Å². The predicted molar refractivity (Wildman–Crippen MR) is 127 cm³/mol. The summed E-state index contributed by atoms with van der Waals surface area (Å²) in [5.74, 6) is -0.647. The normalized spacial score (nSPS) is 16.5. The van der Waals surface area contributed by atoms with Gasteiger partial charge in [0.15, 0.2) is 11.6 Å². The van der Waals surface area contributed by atoms with Crippen molar-refractivity contribution in [3.8, 4) is 11.1 Å². The van der Waals surface area contributed by atoms with Crippen molar-refractivity contribution >= 4 is 8.80 Å². The minimum Gasteiger partial charge on any atom is -0.248 e. The van der Waals surface area contributed by atoms with E-state index < -0.39 is 17.8 Å². The van der Waals surface area contributed by atoms with Crippen LogP contribution in [0.2, 0.25) is 18.1 Å². The number of halogens is 3. The molecule has 1 heterocycles. The smallest absolute Gasteiger partial charge is 0.166 e. The Kier molecular flexibility index (Phi) is 9.25. The first-order valence-electron chi connectivity index (χ1n) is 12.0. The van der Waals surface area contributed by atoms with Crippen LogP contribution in [0.15, 0.2) is 36.4 Å². The Bertz CT molecular complexity index is 808. The summed E-state index contributed by atoms with van der Waals surface area (Å²) in [5.41, 5.74) is 2.79. The van der Waals surface area contributed by atoms with Gasteiger partial charge in [0.2, 0.25) is 0 Å². The highest BCUT2D eigenvalue weighted by molar-refractivity contribution is 6.58. The highest BCUT2D eigenvalue weighted by Gasteiger charge is 2.22. The average molecular weight is 446 g/mol. The van der Waals surface area contributed by atoms with Gasteiger partial charge in [-0.25, -0.2) is 13.2 Å². The highest BCUT2D eigenvalue weighted by atomic mass is 28.3. The molecular formula is C27H36F3Si. The van der Waals surface area contributed by atoms with Crippen molar-refractivity contribution in [3.05, 3.63) is 59.2 Å². The number of hydrogen-bond acceptors (Lipinski definition) is 0. The molecule has 0 nitrogen and oxygen atoms in total. The molecule has 0 spiro atoms. The van der Waals surface area contributed by atoms with E-state index in [1.54, 1.807) is 19.1 Å². The third-order valence-electron chi connectivity index (χ3n) is 6.73. The second-order valence-electron chi connectivity index (χ2n) is 9.25. The molecule has 31 heavy (non-hydrogen) atoms. The zero-order chi connectivity index (χ0) is 22.2. The number of rotatable bonds is 10. The lowest BCUT2D eigenvalue weighted by molar-refractivity contribution is 0.338. The molecule has 0 bridgehead atoms. The van der Waals surface area contributed by atoms with Crippen LogP contribution in [0.5, 0.6) is 0 Å². The quantitative estimate of drug-likeness (QED) is 0.321. The van der Waals surface area contributed by atoms with Crippen LogP contribution in [0.1, 0.15) is 63.5 Å². The molecule has 1 radical (unpaired) electrons. The Hall–Kier alpha value is -1.55. The van der Waals surface area contributed by atoms with E-state index in [0.29, 0.717) is 17.5 Å². The Morgan fingerprint density at radius 3 is 2.32 bits per heavy atom. The van der Waals surface area contributed by atoms with Gasteiger partial charge in [-0.15, -0.1) is 0 Å². The molecule has 0 aliphatic carbocycles. The Morgan fingerprint density at radius 1 is 0.968 bits per heavy atom. The van der Waals surface area contributed by atoms with Crippen LogP contribution in [0.3, 0.4) is 0 Å². The number of hydrogen-bond donors (Lipinski definition) is 0. The molecule has 4 heteroatoms. The van der Waals surface area contributed by atoms with Crippen molar-refractivity contribution in [1.29, 1.82) is 0 Å². The van der Waals surface area contributed by atoms with Crippen LogP contribution >= 0.6 is 0 Å². The van der Waals surface area contributed by atoms with E-state index in [-0.39, 0.29) is 8.80 Å². The van der Waals surface area contributed by atoms with Gasteiger partial charge in [0.05, 0.1) is 6.17 Å². The monoisotopic (exact) mass is 445 g/mol. The van der Waals surface area contributed by atoms with Crippen LogP contribution in [0.4, 0.5) is 13.2 Å². The third-order valence-corrected chi connectivity index (χ3v) is 9.78. The van der Waals surface area contributed by atoms with E-state index in [0.717, 1.165) is 37.2 Å². The van der Waals surface area contributed by atoms with E-state index in [9.17, 15) is 13.2 Å². The zero-order valence-electron chi connectivity index (χ0n) is 19.0. The summed E-state index contributed by atoms with van der Waals surface area (Å²) in [5, 5.41) is 0. The summed E-state index contributed by atoms with van der Waals surface area (Å²) in [4.78, 5) is 0. The van der Waals surface area contributed by atoms with E-state index in [1.165, 1.54) is 43.0 Å². The van der Waals surface area contributed by atoms with Crippen molar-refractivity contribution in [3.63, 3.8) is 0 Å². The van der Waals surface area contributed by atoms with Gasteiger partial charge in [-0.2, -0.15) is 0 Å². The van der Waals surface area contributed by atoms with Gasteiger partial charge in [-0.05, 0) is 55.2 Å². The summed E-state index contributed by atoms with van der Waals surface area (Å²) < 4.78 is 41.8. The molecule has 0 N–H and O–H groups in total. The fraction of sp³-hybridized carbons (Fsp3) is 0.556. The van der Waals surface area contributed by atoms with Gasteiger partial charge in [0.25, 0.3) is 0 Å². The lowest BCUT2D eigenvalue weighted by atomic mass is 9.93. The van der Waals surface area contributed by atoms with Crippen LogP contribution in [-0.2, 0) is 12.8 Å². The van der Waals surface area contributed by atoms with Crippen LogP contribution in [0, 0.1) is 17.6 Å². The fourth-order valence-electron chi connectivity index (χ4n) is 4.75. The number of benzene rings is 2. The summed E-state index contributed by atoms with van der Waals surface area (Å²) in [6, 6.07) is 15.4. The van der Waals surface area contributed by atoms with Gasteiger partial charge >= 0.3 is 0 Å². The topological polar surface area (TPSA) is 0 Å². The Labute approximate surface area is 187 Å². The summed E-state index contributed by atoms with van der Waals surface area (Å²) in [6.07, 6.45) is 7.39. The predicted octanol–water partition coefficient (Wildman–Crippen LogP) is 8.56. The minimum atomic E-state index is -0.737. The molecule has 1 saturated heterocycles. The molecule has 169 valence electrons. The van der Waals surface area contributed by atoms with Crippen molar-refractivity contribution < 1.29 is 13.2 Å². The largest absolute Gasteiger partial charge is 0.248 e. The molecule has 1 unspecified atom stereocenters. The first-order valence-corrected chi connectivity index (χ1v) is 14.1. The van der Waals surface area contributed by atoms with Crippen molar-refractivity contribution in [1.82, 2.24) is 0 Å². The van der Waals surface area contributed by atoms with Gasteiger partial charge in [-0.1, -0.05) is 87.1 Å². The van der Waals surface area contributed by atoms with Gasteiger partial charge < -0.3 is 0 Å². The van der Waals surface area contributed by atoms with Crippen LogP contribution in [-0.4, -0.2) is 15.0 Å². The summed E-state index contributed by atoms with van der Waals surface area (Å²) in [7, 11) is -0.241. The first kappa shape index (κ1) is 24.1. The van der Waals surface area contributed by atoms with Crippen LogP contribution < -0.4 is 0 Å². The van der Waals surface area contributed by atoms with Crippen LogP contribution in [0.25, 0.3) is 11.1 Å². The maximum absolute atomic E-state index is 14.5. The molecule has 1 fully saturated rings. The first-order chi connectivity index (χ1) is 15.0. The Morgan fingerprint density at radius 2 is 1.68 bits per heavy atom. The van der Waals surface area contributed by atoms with E-state index in [4.69, 9.17) is 0 Å². The molecule has 2 aromatic carbocycles. The second-order valence-corrected chi connectivity index (χ2v) is 12.3. The molecule has 1 aliphatic heterocycles. The Balaban J connectivity index is 1.48.